The second kappa shape index (κ2) is 7.91. The van der Waals surface area contributed by atoms with Gasteiger partial charge >= 0.3 is 0 Å². The van der Waals surface area contributed by atoms with Crippen LogP contribution in [-0.2, 0) is 14.4 Å². The highest BCUT2D eigenvalue weighted by atomic mass is 19.1. The van der Waals surface area contributed by atoms with Crippen molar-refractivity contribution in [3.05, 3.63) is 29.1 Å². The highest BCUT2D eigenvalue weighted by Gasteiger charge is 2.46. The van der Waals surface area contributed by atoms with E-state index in [0.29, 0.717) is 25.9 Å². The first-order valence-electron chi connectivity index (χ1n) is 11.1. The molecule has 3 fully saturated rings. The first kappa shape index (κ1) is 21.5. The highest BCUT2D eigenvalue weighted by Crippen LogP contribution is 2.35. The largest absolute Gasteiger partial charge is 0.369 e. The molecule has 1 aromatic carbocycles. The topological polar surface area (TPSA) is 133 Å². The van der Waals surface area contributed by atoms with E-state index in [1.54, 1.807) is 0 Å². The van der Waals surface area contributed by atoms with Crippen LogP contribution < -0.4 is 16.0 Å². The van der Waals surface area contributed by atoms with Crippen LogP contribution in [0.1, 0.15) is 46.4 Å². The number of rotatable bonds is 4. The number of nitrogens with zero attached hydrogens (tertiary/aromatic N) is 3. The Morgan fingerprint density at radius 2 is 1.64 bits per heavy atom. The van der Waals surface area contributed by atoms with Crippen LogP contribution in [0.2, 0.25) is 0 Å². The first-order valence-corrected chi connectivity index (χ1v) is 11.1. The minimum absolute atomic E-state index is 0.0231. The molecule has 0 spiro atoms. The van der Waals surface area contributed by atoms with E-state index >= 15 is 0 Å². The van der Waals surface area contributed by atoms with Gasteiger partial charge in [0.15, 0.2) is 0 Å². The highest BCUT2D eigenvalue weighted by molar-refractivity contribution is 6.23. The quantitative estimate of drug-likeness (QED) is 0.589. The van der Waals surface area contributed by atoms with Crippen molar-refractivity contribution in [2.75, 3.05) is 31.1 Å². The molecule has 0 saturated carbocycles. The first-order chi connectivity index (χ1) is 15.7. The summed E-state index contributed by atoms with van der Waals surface area (Å²) >= 11 is 0. The van der Waals surface area contributed by atoms with E-state index in [4.69, 9.17) is 5.73 Å². The Kier molecular flexibility index (Phi) is 5.15. The third-order valence-corrected chi connectivity index (χ3v) is 7.16. The molecule has 33 heavy (non-hydrogen) atoms. The molecule has 3 saturated heterocycles. The lowest BCUT2D eigenvalue weighted by molar-refractivity contribution is -0.136. The van der Waals surface area contributed by atoms with Crippen LogP contribution in [-0.4, -0.2) is 77.6 Å². The van der Waals surface area contributed by atoms with E-state index in [1.165, 1.54) is 6.07 Å². The number of likely N-dealkylation sites (tertiary alicyclic amines) is 1. The number of carbonyl (C=O) groups excluding carboxylic acids is 5. The van der Waals surface area contributed by atoms with E-state index in [-0.39, 0.29) is 47.5 Å². The molecule has 5 rings (SSSR count). The zero-order chi connectivity index (χ0) is 23.4. The minimum atomic E-state index is -1.08. The van der Waals surface area contributed by atoms with Gasteiger partial charge in [0.25, 0.3) is 11.8 Å². The number of imide groups is 2. The van der Waals surface area contributed by atoms with Crippen molar-refractivity contribution in [1.29, 1.82) is 0 Å². The summed E-state index contributed by atoms with van der Waals surface area (Å²) < 4.78 is 14.9. The second-order valence-corrected chi connectivity index (χ2v) is 9.07. The summed E-state index contributed by atoms with van der Waals surface area (Å²) in [5.41, 5.74) is 5.62. The molecular formula is C22H24FN5O5. The fraction of sp³-hybridized carbons (Fsp3) is 0.500. The van der Waals surface area contributed by atoms with Gasteiger partial charge in [-0.25, -0.2) is 4.39 Å². The molecule has 4 aliphatic rings. The third-order valence-electron chi connectivity index (χ3n) is 7.16. The molecule has 3 N–H and O–H groups in total. The molecule has 1 atom stereocenters. The number of halogens is 1. The van der Waals surface area contributed by atoms with Crippen LogP contribution >= 0.6 is 0 Å². The molecule has 4 aliphatic heterocycles. The number of amides is 5. The van der Waals surface area contributed by atoms with Crippen LogP contribution in [0.5, 0.6) is 0 Å². The number of primary amides is 1. The van der Waals surface area contributed by atoms with Gasteiger partial charge in [-0.1, -0.05) is 0 Å². The van der Waals surface area contributed by atoms with Crippen LogP contribution in [0.4, 0.5) is 10.1 Å². The maximum Gasteiger partial charge on any atom is 0.262 e. The molecule has 0 bridgehead atoms. The molecule has 0 aliphatic carbocycles. The van der Waals surface area contributed by atoms with Gasteiger partial charge in [0.05, 0.1) is 16.8 Å². The predicted molar refractivity (Wildman–Crippen MR) is 113 cm³/mol. The van der Waals surface area contributed by atoms with Crippen LogP contribution in [0.15, 0.2) is 12.1 Å². The summed E-state index contributed by atoms with van der Waals surface area (Å²) in [5, 5.41) is 2.14. The number of anilines is 1. The van der Waals surface area contributed by atoms with Gasteiger partial charge in [0, 0.05) is 31.5 Å². The Morgan fingerprint density at radius 3 is 2.24 bits per heavy atom. The van der Waals surface area contributed by atoms with E-state index in [9.17, 15) is 28.4 Å². The summed E-state index contributed by atoms with van der Waals surface area (Å²) in [7, 11) is 0. The van der Waals surface area contributed by atoms with Crippen LogP contribution in [0.3, 0.4) is 0 Å². The summed E-state index contributed by atoms with van der Waals surface area (Å²) in [6, 6.07) is 1.57. The van der Waals surface area contributed by atoms with Crippen LogP contribution in [0, 0.1) is 11.7 Å². The van der Waals surface area contributed by atoms with E-state index in [0.717, 1.165) is 24.1 Å². The smallest absolute Gasteiger partial charge is 0.262 e. The second-order valence-electron chi connectivity index (χ2n) is 9.07. The Balaban J connectivity index is 1.29. The average molecular weight is 457 g/mol. The van der Waals surface area contributed by atoms with Crippen molar-refractivity contribution in [2.24, 2.45) is 11.7 Å². The molecule has 1 unspecified atom stereocenters. The maximum absolute atomic E-state index is 14.9. The monoisotopic (exact) mass is 457 g/mol. The lowest BCUT2D eigenvalue weighted by Crippen LogP contribution is -2.61. The number of hydrogen-bond acceptors (Lipinski definition) is 7. The van der Waals surface area contributed by atoms with Gasteiger partial charge in [-0.15, -0.1) is 0 Å². The van der Waals surface area contributed by atoms with E-state index < -0.39 is 35.5 Å². The molecule has 5 amide bonds. The minimum Gasteiger partial charge on any atom is -0.369 e. The lowest BCUT2D eigenvalue weighted by Gasteiger charge is -2.48. The zero-order valence-corrected chi connectivity index (χ0v) is 17.9. The van der Waals surface area contributed by atoms with Crippen molar-refractivity contribution in [3.8, 4) is 0 Å². The van der Waals surface area contributed by atoms with E-state index in [2.05, 4.69) is 10.2 Å². The summed E-state index contributed by atoms with van der Waals surface area (Å²) in [6.45, 7) is 2.64. The number of nitrogens with two attached hydrogens (primary N) is 1. The molecule has 0 aromatic heterocycles. The van der Waals surface area contributed by atoms with Gasteiger partial charge in [0.1, 0.15) is 11.9 Å². The summed E-state index contributed by atoms with van der Waals surface area (Å²) in [6.07, 6.45) is 1.50. The number of carbonyl (C=O) groups is 5. The van der Waals surface area contributed by atoms with Gasteiger partial charge in [-0.3, -0.25) is 39.1 Å². The molecule has 1 aromatic rings. The Bertz CT molecular complexity index is 1080. The number of benzene rings is 1. The number of nitrogens with one attached hydrogen (secondary N) is 1. The van der Waals surface area contributed by atoms with Gasteiger partial charge < -0.3 is 10.6 Å². The third kappa shape index (κ3) is 3.56. The Morgan fingerprint density at radius 1 is 1.00 bits per heavy atom. The molecule has 4 heterocycles. The molecular weight excluding hydrogens is 433 g/mol. The molecule has 174 valence electrons. The number of fused-ring (bicyclic) bond motifs is 1. The van der Waals surface area contributed by atoms with Crippen molar-refractivity contribution < 1.29 is 28.4 Å². The Hall–Kier alpha value is -3.34. The molecule has 11 heteroatoms. The summed E-state index contributed by atoms with van der Waals surface area (Å²) in [5.74, 6) is -3.51. The van der Waals surface area contributed by atoms with Crippen molar-refractivity contribution in [2.45, 2.75) is 37.8 Å². The number of piperidine rings is 2. The standard InChI is InChI=1S/C22H24FN5O5/c23-15-7-13-14(22(33)28(21(13)32)16-1-2-18(29)25-20(16)31)8-17(15)27-9-12(10-27)26-5-3-11(4-6-26)19(24)30/h7-8,11-12,16H,1-6,9-10H2,(H2,24,30)(H,25,29,31). The van der Waals surface area contributed by atoms with Gasteiger partial charge in [0.2, 0.25) is 17.7 Å². The zero-order valence-electron chi connectivity index (χ0n) is 17.9. The average Bonchev–Trinajstić information content (AvgIpc) is 2.97. The fourth-order valence-electron chi connectivity index (χ4n) is 5.15. The lowest BCUT2D eigenvalue weighted by atomic mass is 9.93. The normalized spacial score (nSPS) is 24.7. The van der Waals surface area contributed by atoms with Crippen molar-refractivity contribution >= 4 is 35.2 Å². The van der Waals surface area contributed by atoms with Crippen molar-refractivity contribution in [3.63, 3.8) is 0 Å². The SMILES string of the molecule is NC(=O)C1CCN(C2CN(c3cc4c(cc3F)C(=O)N(C3CCC(=O)NC3=O)C4=O)C2)CC1. The summed E-state index contributed by atoms with van der Waals surface area (Å²) in [4.78, 5) is 65.6. The molecule has 10 nitrogen and oxygen atoms in total. The van der Waals surface area contributed by atoms with Gasteiger partial charge in [-0.2, -0.15) is 0 Å². The Labute approximate surface area is 188 Å². The molecule has 0 radical (unpaired) electrons. The van der Waals surface area contributed by atoms with Gasteiger partial charge in [-0.05, 0) is 44.5 Å². The predicted octanol–water partition coefficient (Wildman–Crippen LogP) is -0.387. The fourth-order valence-corrected chi connectivity index (χ4v) is 5.15. The number of hydrogen-bond donors (Lipinski definition) is 2. The van der Waals surface area contributed by atoms with Crippen LogP contribution in [0.25, 0.3) is 0 Å². The van der Waals surface area contributed by atoms with Crippen molar-refractivity contribution in [1.82, 2.24) is 15.1 Å². The van der Waals surface area contributed by atoms with E-state index in [1.807, 2.05) is 4.90 Å². The maximum atomic E-state index is 14.9.